The summed E-state index contributed by atoms with van der Waals surface area (Å²) in [5.74, 6) is -0.613. The number of sulfone groups is 1. The van der Waals surface area contributed by atoms with Gasteiger partial charge in [-0.15, -0.1) is 0 Å². The van der Waals surface area contributed by atoms with E-state index in [4.69, 9.17) is 4.74 Å². The Morgan fingerprint density at radius 1 is 1.11 bits per heavy atom. The number of aromatic hydroxyl groups is 1. The van der Waals surface area contributed by atoms with E-state index >= 15 is 0 Å². The van der Waals surface area contributed by atoms with Crippen LogP contribution in [0.15, 0.2) is 52.3 Å². The molecule has 0 amide bonds. The molecule has 0 aliphatic carbocycles. The third-order valence-corrected chi connectivity index (χ3v) is 4.38. The van der Waals surface area contributed by atoms with Crippen LogP contribution >= 0.6 is 0 Å². The number of ether oxygens (including phenoxy) is 1. The van der Waals surface area contributed by atoms with Gasteiger partial charge in [-0.25, -0.2) is 12.8 Å². The van der Waals surface area contributed by atoms with E-state index in [1.807, 2.05) is 0 Å². The minimum Gasteiger partial charge on any atom is -0.507 e. The molecule has 0 saturated heterocycles. The van der Waals surface area contributed by atoms with E-state index in [-0.39, 0.29) is 15.5 Å². The largest absolute Gasteiger partial charge is 0.507 e. The summed E-state index contributed by atoms with van der Waals surface area (Å²) in [5, 5.41) is 9.67. The van der Waals surface area contributed by atoms with Crippen LogP contribution < -0.4 is 4.74 Å². The van der Waals surface area contributed by atoms with Crippen molar-refractivity contribution in [2.75, 3.05) is 7.11 Å². The maximum absolute atomic E-state index is 12.8. The molecule has 4 nitrogen and oxygen atoms in total. The van der Waals surface area contributed by atoms with E-state index in [1.54, 1.807) is 0 Å². The maximum Gasteiger partial charge on any atom is 0.210 e. The summed E-state index contributed by atoms with van der Waals surface area (Å²) in [7, 11) is -2.53. The van der Waals surface area contributed by atoms with Crippen molar-refractivity contribution < 1.29 is 22.7 Å². The van der Waals surface area contributed by atoms with Gasteiger partial charge in [0.1, 0.15) is 22.2 Å². The van der Waals surface area contributed by atoms with Gasteiger partial charge in [0, 0.05) is 6.07 Å². The third-order valence-electron chi connectivity index (χ3n) is 2.58. The molecule has 0 unspecified atom stereocenters. The molecule has 0 radical (unpaired) electrons. The monoisotopic (exact) mass is 282 g/mol. The van der Waals surface area contributed by atoms with Gasteiger partial charge in [0.2, 0.25) is 9.84 Å². The number of phenolic OH excluding ortho intramolecular Hbond substituents is 1. The molecule has 2 aromatic carbocycles. The predicted molar refractivity (Wildman–Crippen MR) is 66.5 cm³/mol. The molecule has 0 spiro atoms. The highest BCUT2D eigenvalue weighted by Crippen LogP contribution is 2.31. The van der Waals surface area contributed by atoms with Crippen molar-refractivity contribution in [3.8, 4) is 11.5 Å². The van der Waals surface area contributed by atoms with E-state index < -0.39 is 15.7 Å². The van der Waals surface area contributed by atoms with Crippen LogP contribution in [0.2, 0.25) is 0 Å². The lowest BCUT2D eigenvalue weighted by molar-refractivity contribution is 0.408. The van der Waals surface area contributed by atoms with Crippen molar-refractivity contribution in [2.45, 2.75) is 9.79 Å². The number of halogens is 1. The molecule has 2 aromatic rings. The Labute approximate surface area is 110 Å². The minimum atomic E-state index is -3.92. The Balaban J connectivity index is 2.59. The zero-order valence-corrected chi connectivity index (χ0v) is 10.8. The quantitative estimate of drug-likeness (QED) is 0.878. The van der Waals surface area contributed by atoms with Crippen LogP contribution in [0.4, 0.5) is 4.39 Å². The summed E-state index contributed by atoms with van der Waals surface area (Å²) in [6.07, 6.45) is 0. The van der Waals surface area contributed by atoms with Crippen molar-refractivity contribution >= 4 is 9.84 Å². The summed E-state index contributed by atoms with van der Waals surface area (Å²) < 4.78 is 42.3. The van der Waals surface area contributed by atoms with Gasteiger partial charge >= 0.3 is 0 Å². The van der Waals surface area contributed by atoms with Crippen LogP contribution in [0.5, 0.6) is 11.5 Å². The number of methoxy groups -OCH3 is 1. The average Bonchev–Trinajstić information content (AvgIpc) is 2.39. The number of hydrogen-bond donors (Lipinski definition) is 1. The first-order valence-corrected chi connectivity index (χ1v) is 6.81. The SMILES string of the molecule is COc1ccc(O)c(S(=O)(=O)c2ccc(F)cc2)c1. The third kappa shape index (κ3) is 2.53. The molecule has 2 rings (SSSR count). The lowest BCUT2D eigenvalue weighted by Gasteiger charge is -2.08. The Morgan fingerprint density at radius 2 is 1.74 bits per heavy atom. The highest BCUT2D eigenvalue weighted by molar-refractivity contribution is 7.91. The second-order valence-corrected chi connectivity index (χ2v) is 5.71. The summed E-state index contributed by atoms with van der Waals surface area (Å²) in [6, 6.07) is 8.27. The van der Waals surface area contributed by atoms with E-state index in [0.29, 0.717) is 5.75 Å². The smallest absolute Gasteiger partial charge is 0.210 e. The van der Waals surface area contributed by atoms with Gasteiger partial charge in [-0.1, -0.05) is 0 Å². The second-order valence-electron chi connectivity index (χ2n) is 3.79. The topological polar surface area (TPSA) is 63.6 Å². The molecule has 0 aliphatic heterocycles. The molecule has 0 bridgehead atoms. The summed E-state index contributed by atoms with van der Waals surface area (Å²) in [6.45, 7) is 0. The standard InChI is InChI=1S/C13H11FO4S/c1-18-10-4-7-12(15)13(8-10)19(16,17)11-5-2-9(14)3-6-11/h2-8,15H,1H3. The maximum atomic E-state index is 12.8. The first-order chi connectivity index (χ1) is 8.95. The molecule has 19 heavy (non-hydrogen) atoms. The van der Waals surface area contributed by atoms with Gasteiger partial charge in [0.15, 0.2) is 0 Å². The lowest BCUT2D eigenvalue weighted by atomic mass is 10.3. The zero-order chi connectivity index (χ0) is 14.0. The summed E-state index contributed by atoms with van der Waals surface area (Å²) in [5.41, 5.74) is 0. The number of benzene rings is 2. The fraction of sp³-hybridized carbons (Fsp3) is 0.0769. The normalized spacial score (nSPS) is 11.3. The molecule has 1 N–H and O–H groups in total. The molecule has 0 saturated carbocycles. The molecule has 6 heteroatoms. The van der Waals surface area contributed by atoms with Gasteiger partial charge in [0.05, 0.1) is 12.0 Å². The Kier molecular flexibility index (Phi) is 3.44. The van der Waals surface area contributed by atoms with Gasteiger partial charge in [0.25, 0.3) is 0 Å². The fourth-order valence-corrected chi connectivity index (χ4v) is 2.94. The van der Waals surface area contributed by atoms with Crippen molar-refractivity contribution in [3.05, 3.63) is 48.3 Å². The average molecular weight is 282 g/mol. The van der Waals surface area contributed by atoms with Crippen molar-refractivity contribution in [1.82, 2.24) is 0 Å². The fourth-order valence-electron chi connectivity index (χ4n) is 1.58. The highest BCUT2D eigenvalue weighted by Gasteiger charge is 2.22. The van der Waals surface area contributed by atoms with Gasteiger partial charge in [-0.3, -0.25) is 0 Å². The molecule has 0 atom stereocenters. The van der Waals surface area contributed by atoms with Crippen LogP contribution in [0.1, 0.15) is 0 Å². The van der Waals surface area contributed by atoms with E-state index in [2.05, 4.69) is 0 Å². The first kappa shape index (κ1) is 13.4. The first-order valence-electron chi connectivity index (χ1n) is 5.33. The number of phenols is 1. The van der Waals surface area contributed by atoms with Gasteiger partial charge < -0.3 is 9.84 Å². The van der Waals surface area contributed by atoms with E-state index in [9.17, 15) is 17.9 Å². The molecule has 0 aliphatic rings. The van der Waals surface area contributed by atoms with Crippen molar-refractivity contribution in [2.24, 2.45) is 0 Å². The van der Waals surface area contributed by atoms with Crippen LogP contribution in [0.3, 0.4) is 0 Å². The number of rotatable bonds is 3. The molecular weight excluding hydrogens is 271 g/mol. The van der Waals surface area contributed by atoms with Gasteiger partial charge in [-0.05, 0) is 36.4 Å². The Bertz CT molecular complexity index is 693. The molecule has 0 aromatic heterocycles. The van der Waals surface area contributed by atoms with Crippen molar-refractivity contribution in [1.29, 1.82) is 0 Å². The highest BCUT2D eigenvalue weighted by atomic mass is 32.2. The lowest BCUT2D eigenvalue weighted by Crippen LogP contribution is -2.03. The zero-order valence-electron chi connectivity index (χ0n) is 10.00. The minimum absolute atomic E-state index is 0.0996. The molecule has 100 valence electrons. The van der Waals surface area contributed by atoms with Crippen molar-refractivity contribution in [3.63, 3.8) is 0 Å². The summed E-state index contributed by atoms with van der Waals surface area (Å²) in [4.78, 5) is -0.379. The molecular formula is C13H11FO4S. The Hall–Kier alpha value is -2.08. The van der Waals surface area contributed by atoms with Crippen LogP contribution in [0, 0.1) is 5.82 Å². The second kappa shape index (κ2) is 4.89. The molecule has 0 fully saturated rings. The van der Waals surface area contributed by atoms with E-state index in [0.717, 1.165) is 24.3 Å². The van der Waals surface area contributed by atoms with Crippen LogP contribution in [0.25, 0.3) is 0 Å². The summed E-state index contributed by atoms with van der Waals surface area (Å²) >= 11 is 0. The molecule has 0 heterocycles. The Morgan fingerprint density at radius 3 is 2.32 bits per heavy atom. The van der Waals surface area contributed by atoms with Crippen LogP contribution in [-0.2, 0) is 9.84 Å². The van der Waals surface area contributed by atoms with E-state index in [1.165, 1.54) is 25.3 Å². The van der Waals surface area contributed by atoms with Gasteiger partial charge in [-0.2, -0.15) is 0 Å². The number of hydrogen-bond acceptors (Lipinski definition) is 4. The predicted octanol–water partition coefficient (Wildman–Crippen LogP) is 2.37. The van der Waals surface area contributed by atoms with Crippen LogP contribution in [-0.4, -0.2) is 20.6 Å².